The van der Waals surface area contributed by atoms with Gasteiger partial charge in [-0.2, -0.15) is 5.10 Å². The van der Waals surface area contributed by atoms with Crippen LogP contribution in [0.25, 0.3) is 0 Å². The molecule has 1 N–H and O–H groups in total. The Morgan fingerprint density at radius 3 is 2.72 bits per heavy atom. The fourth-order valence-electron chi connectivity index (χ4n) is 1.58. The summed E-state index contributed by atoms with van der Waals surface area (Å²) in [5.74, 6) is 0. The Morgan fingerprint density at radius 2 is 2.06 bits per heavy atom. The van der Waals surface area contributed by atoms with E-state index in [1.165, 1.54) is 0 Å². The van der Waals surface area contributed by atoms with Crippen LogP contribution in [0.5, 0.6) is 0 Å². The van der Waals surface area contributed by atoms with E-state index in [0.29, 0.717) is 6.04 Å². The van der Waals surface area contributed by atoms with E-state index in [0.717, 1.165) is 26.9 Å². The molecule has 18 heavy (non-hydrogen) atoms. The lowest BCUT2D eigenvalue weighted by molar-refractivity contribution is 0.527. The zero-order valence-corrected chi connectivity index (χ0v) is 13.5. The zero-order valence-electron chi connectivity index (χ0n) is 10.3. The summed E-state index contributed by atoms with van der Waals surface area (Å²) < 4.78 is 4.07. The van der Waals surface area contributed by atoms with E-state index in [2.05, 4.69) is 56.1 Å². The van der Waals surface area contributed by atoms with Crippen molar-refractivity contribution in [2.45, 2.75) is 26.4 Å². The predicted octanol–water partition coefficient (Wildman–Crippen LogP) is 4.60. The molecule has 0 aliphatic carbocycles. The highest BCUT2D eigenvalue weighted by Gasteiger charge is 2.04. The quantitative estimate of drug-likeness (QED) is 0.849. The van der Waals surface area contributed by atoms with Crippen LogP contribution in [-0.4, -0.2) is 9.78 Å². The van der Waals surface area contributed by atoms with Crippen LogP contribution in [0.4, 0.5) is 5.69 Å². The highest BCUT2D eigenvalue weighted by molar-refractivity contribution is 9.11. The molecule has 0 amide bonds. The molecule has 2 aromatic rings. The summed E-state index contributed by atoms with van der Waals surface area (Å²) in [6.45, 7) is 4.96. The summed E-state index contributed by atoms with van der Waals surface area (Å²) in [5.41, 5.74) is 2.10. The van der Waals surface area contributed by atoms with Crippen molar-refractivity contribution in [3.63, 3.8) is 0 Å². The molecule has 0 aliphatic heterocycles. The molecule has 2 rings (SSSR count). The van der Waals surface area contributed by atoms with Crippen molar-refractivity contribution in [3.05, 3.63) is 45.1 Å². The van der Waals surface area contributed by atoms with Gasteiger partial charge in [0.05, 0.1) is 12.2 Å². The molecule has 96 valence electrons. The average Bonchev–Trinajstić information content (AvgIpc) is 2.79. The van der Waals surface area contributed by atoms with Gasteiger partial charge in [-0.3, -0.25) is 4.68 Å². The summed E-state index contributed by atoms with van der Waals surface area (Å²) in [7, 11) is 0. The van der Waals surface area contributed by atoms with Crippen molar-refractivity contribution in [2.75, 3.05) is 5.32 Å². The van der Waals surface area contributed by atoms with E-state index in [1.807, 2.05) is 35.1 Å². The van der Waals surface area contributed by atoms with E-state index in [4.69, 9.17) is 0 Å². The molecule has 0 saturated carbocycles. The van der Waals surface area contributed by atoms with E-state index < -0.39 is 0 Å². The fourth-order valence-corrected chi connectivity index (χ4v) is 2.33. The molecule has 5 heteroatoms. The lowest BCUT2D eigenvalue weighted by Gasteiger charge is -2.08. The van der Waals surface area contributed by atoms with Crippen LogP contribution in [0.2, 0.25) is 0 Å². The first kappa shape index (κ1) is 13.6. The van der Waals surface area contributed by atoms with Crippen LogP contribution < -0.4 is 5.32 Å². The summed E-state index contributed by atoms with van der Waals surface area (Å²) >= 11 is 6.99. The molecule has 3 nitrogen and oxygen atoms in total. The van der Waals surface area contributed by atoms with Crippen LogP contribution in [-0.2, 0) is 6.54 Å². The minimum atomic E-state index is 0.399. The van der Waals surface area contributed by atoms with E-state index in [1.54, 1.807) is 0 Å². The largest absolute Gasteiger partial charge is 0.378 e. The van der Waals surface area contributed by atoms with Crippen molar-refractivity contribution >= 4 is 37.5 Å². The summed E-state index contributed by atoms with van der Waals surface area (Å²) in [6.07, 6.45) is 2.01. The second-order valence-corrected chi connectivity index (χ2v) is 6.13. The Labute approximate surface area is 124 Å². The van der Waals surface area contributed by atoms with Gasteiger partial charge in [-0.15, -0.1) is 0 Å². The van der Waals surface area contributed by atoms with Gasteiger partial charge in [0.15, 0.2) is 0 Å². The molecule has 1 heterocycles. The molecular weight excluding hydrogens is 358 g/mol. The van der Waals surface area contributed by atoms with Gasteiger partial charge in [0.25, 0.3) is 0 Å². The third-order valence-corrected chi connectivity index (χ3v) is 3.77. The summed E-state index contributed by atoms with van der Waals surface area (Å²) in [4.78, 5) is 0. The van der Waals surface area contributed by atoms with E-state index in [-0.39, 0.29) is 0 Å². The van der Waals surface area contributed by atoms with Gasteiger partial charge in [-0.1, -0.05) is 15.9 Å². The second kappa shape index (κ2) is 5.89. The SMILES string of the molecule is CC(C)n1ccc(CNc2cc(Br)ccc2Br)n1. The average molecular weight is 373 g/mol. The van der Waals surface area contributed by atoms with Crippen molar-refractivity contribution in [3.8, 4) is 0 Å². The number of benzene rings is 1. The predicted molar refractivity (Wildman–Crippen MR) is 81.8 cm³/mol. The third-order valence-electron chi connectivity index (χ3n) is 2.58. The van der Waals surface area contributed by atoms with Gasteiger partial charge < -0.3 is 5.32 Å². The molecule has 0 bridgehead atoms. The van der Waals surface area contributed by atoms with Crippen LogP contribution in [0, 0.1) is 0 Å². The molecule has 0 atom stereocenters. The van der Waals surface area contributed by atoms with Gasteiger partial charge in [0.1, 0.15) is 0 Å². The highest BCUT2D eigenvalue weighted by Crippen LogP contribution is 2.26. The normalized spacial score (nSPS) is 10.9. The Bertz CT molecular complexity index is 535. The van der Waals surface area contributed by atoms with Gasteiger partial charge in [-0.25, -0.2) is 0 Å². The van der Waals surface area contributed by atoms with Gasteiger partial charge in [0, 0.05) is 26.9 Å². The maximum absolute atomic E-state index is 4.50. The molecule has 0 radical (unpaired) electrons. The van der Waals surface area contributed by atoms with Crippen LogP contribution in [0.1, 0.15) is 25.6 Å². The molecule has 0 saturated heterocycles. The van der Waals surface area contributed by atoms with Gasteiger partial charge in [0.2, 0.25) is 0 Å². The van der Waals surface area contributed by atoms with E-state index >= 15 is 0 Å². The molecular formula is C13H15Br2N3. The lowest BCUT2D eigenvalue weighted by atomic mass is 10.3. The van der Waals surface area contributed by atoms with Gasteiger partial charge in [-0.05, 0) is 54.0 Å². The zero-order chi connectivity index (χ0) is 13.1. The van der Waals surface area contributed by atoms with Crippen molar-refractivity contribution in [1.82, 2.24) is 9.78 Å². The van der Waals surface area contributed by atoms with Crippen molar-refractivity contribution in [1.29, 1.82) is 0 Å². The fraction of sp³-hybridized carbons (Fsp3) is 0.308. The Morgan fingerprint density at radius 1 is 1.28 bits per heavy atom. The molecule has 0 unspecified atom stereocenters. The minimum Gasteiger partial charge on any atom is -0.378 e. The van der Waals surface area contributed by atoms with Crippen LogP contribution >= 0.6 is 31.9 Å². The molecule has 0 spiro atoms. The molecule has 0 fully saturated rings. The maximum atomic E-state index is 4.50. The second-order valence-electron chi connectivity index (χ2n) is 4.36. The number of nitrogens with one attached hydrogen (secondary N) is 1. The third kappa shape index (κ3) is 3.36. The number of hydrogen-bond donors (Lipinski definition) is 1. The topological polar surface area (TPSA) is 29.9 Å². The maximum Gasteiger partial charge on any atom is 0.0815 e. The molecule has 1 aromatic heterocycles. The number of halogens is 2. The first-order chi connectivity index (χ1) is 8.56. The number of hydrogen-bond acceptors (Lipinski definition) is 2. The number of anilines is 1. The molecule has 1 aromatic carbocycles. The minimum absolute atomic E-state index is 0.399. The van der Waals surface area contributed by atoms with Crippen molar-refractivity contribution in [2.24, 2.45) is 0 Å². The molecule has 0 aliphatic rings. The smallest absolute Gasteiger partial charge is 0.0815 e. The van der Waals surface area contributed by atoms with Crippen LogP contribution in [0.15, 0.2) is 39.4 Å². The monoisotopic (exact) mass is 371 g/mol. The number of rotatable bonds is 4. The first-order valence-corrected chi connectivity index (χ1v) is 7.38. The summed E-state index contributed by atoms with van der Waals surface area (Å²) in [5, 5.41) is 7.87. The Balaban J connectivity index is 2.04. The number of nitrogens with zero attached hydrogens (tertiary/aromatic N) is 2. The lowest BCUT2D eigenvalue weighted by Crippen LogP contribution is -2.05. The summed E-state index contributed by atoms with van der Waals surface area (Å²) in [6, 6.07) is 8.50. The Hall–Kier alpha value is -0.810. The first-order valence-electron chi connectivity index (χ1n) is 5.79. The van der Waals surface area contributed by atoms with Crippen molar-refractivity contribution < 1.29 is 0 Å². The number of aromatic nitrogens is 2. The van der Waals surface area contributed by atoms with Gasteiger partial charge >= 0.3 is 0 Å². The van der Waals surface area contributed by atoms with E-state index in [9.17, 15) is 0 Å². The highest BCUT2D eigenvalue weighted by atomic mass is 79.9. The van der Waals surface area contributed by atoms with Crippen LogP contribution in [0.3, 0.4) is 0 Å². The standard InChI is InChI=1S/C13H15Br2N3/c1-9(2)18-6-5-11(17-18)8-16-13-7-10(14)3-4-12(13)15/h3-7,9,16H,8H2,1-2H3. The Kier molecular flexibility index (Phi) is 4.45.